The second-order valence-electron chi connectivity index (χ2n) is 8.47. The molecule has 1 aliphatic rings. The molecule has 0 bridgehead atoms. The molecule has 178 valence electrons. The number of amides is 3. The molecule has 0 radical (unpaired) electrons. The fraction of sp³-hybridized carbons (Fsp3) is 0.240. The number of fused-ring (bicyclic) bond motifs is 2. The van der Waals surface area contributed by atoms with E-state index in [2.05, 4.69) is 25.8 Å². The Labute approximate surface area is 205 Å². The number of aryl methyl sites for hydroxylation is 1. The minimum atomic E-state index is -0.307. The number of carbonyl (C=O) groups is 3. The third kappa shape index (κ3) is 5.07. The van der Waals surface area contributed by atoms with E-state index in [1.54, 1.807) is 35.5 Å². The van der Waals surface area contributed by atoms with Gasteiger partial charge in [0.05, 0.1) is 23.1 Å². The summed E-state index contributed by atoms with van der Waals surface area (Å²) in [5, 5.41) is 13.3. The number of rotatable bonds is 6. The number of nitrogens with zero attached hydrogens (tertiary/aromatic N) is 3. The quantitative estimate of drug-likeness (QED) is 0.385. The lowest BCUT2D eigenvalue weighted by Crippen LogP contribution is -2.42. The summed E-state index contributed by atoms with van der Waals surface area (Å²) >= 11 is 1.47. The average Bonchev–Trinajstić information content (AvgIpc) is 3.51. The molecule has 4 heterocycles. The van der Waals surface area contributed by atoms with E-state index in [1.165, 1.54) is 11.3 Å². The van der Waals surface area contributed by atoms with Gasteiger partial charge in [-0.25, -0.2) is 0 Å². The van der Waals surface area contributed by atoms with Crippen LogP contribution in [0.15, 0.2) is 48.8 Å². The molecule has 3 N–H and O–H groups in total. The first-order valence-electron chi connectivity index (χ1n) is 11.3. The van der Waals surface area contributed by atoms with Crippen molar-refractivity contribution >= 4 is 40.0 Å². The summed E-state index contributed by atoms with van der Waals surface area (Å²) in [6.07, 6.45) is 4.07. The average molecular weight is 489 g/mol. The van der Waals surface area contributed by atoms with E-state index in [-0.39, 0.29) is 24.3 Å². The molecule has 35 heavy (non-hydrogen) atoms. The van der Waals surface area contributed by atoms with E-state index in [1.807, 2.05) is 25.1 Å². The van der Waals surface area contributed by atoms with Crippen molar-refractivity contribution in [2.24, 2.45) is 0 Å². The third-order valence-electron chi connectivity index (χ3n) is 5.96. The summed E-state index contributed by atoms with van der Waals surface area (Å²) in [6.45, 7) is 3.25. The van der Waals surface area contributed by atoms with Gasteiger partial charge in [-0.1, -0.05) is 0 Å². The van der Waals surface area contributed by atoms with E-state index >= 15 is 0 Å². The summed E-state index contributed by atoms with van der Waals surface area (Å²) < 4.78 is 0. The monoisotopic (exact) mass is 488 g/mol. The van der Waals surface area contributed by atoms with Crippen molar-refractivity contribution in [1.82, 2.24) is 30.7 Å². The van der Waals surface area contributed by atoms with Crippen LogP contribution < -0.4 is 10.6 Å². The van der Waals surface area contributed by atoms with Crippen LogP contribution in [0.3, 0.4) is 0 Å². The molecular formula is C25H24N6O3S. The van der Waals surface area contributed by atoms with E-state index in [4.69, 9.17) is 0 Å². The molecule has 4 aromatic rings. The first-order chi connectivity index (χ1) is 17.0. The van der Waals surface area contributed by atoms with Crippen LogP contribution in [0.4, 0.5) is 0 Å². The minimum Gasteiger partial charge on any atom is -0.347 e. The Morgan fingerprint density at radius 3 is 2.86 bits per heavy atom. The lowest BCUT2D eigenvalue weighted by molar-refractivity contribution is -0.131. The van der Waals surface area contributed by atoms with Crippen molar-refractivity contribution in [3.8, 4) is 0 Å². The predicted molar refractivity (Wildman–Crippen MR) is 132 cm³/mol. The number of hydrogen-bond donors (Lipinski definition) is 3. The number of hydrogen-bond acceptors (Lipinski definition) is 6. The molecular weight excluding hydrogens is 464 g/mol. The Kier molecular flexibility index (Phi) is 6.28. The second kappa shape index (κ2) is 9.67. The molecule has 10 heteroatoms. The molecule has 9 nitrogen and oxygen atoms in total. The van der Waals surface area contributed by atoms with Crippen LogP contribution in [-0.4, -0.2) is 50.9 Å². The van der Waals surface area contributed by atoms with E-state index in [0.29, 0.717) is 36.5 Å². The molecule has 3 amide bonds. The number of aromatic amines is 1. The van der Waals surface area contributed by atoms with Gasteiger partial charge in [0.25, 0.3) is 11.8 Å². The molecule has 3 aromatic heterocycles. The van der Waals surface area contributed by atoms with Crippen LogP contribution in [0.2, 0.25) is 0 Å². The van der Waals surface area contributed by atoms with Gasteiger partial charge in [-0.15, -0.1) is 11.3 Å². The van der Waals surface area contributed by atoms with Gasteiger partial charge in [-0.05, 0) is 60.9 Å². The molecule has 0 atom stereocenters. The summed E-state index contributed by atoms with van der Waals surface area (Å²) in [5.41, 5.74) is 4.20. The largest absolute Gasteiger partial charge is 0.347 e. The first kappa shape index (κ1) is 22.7. The maximum absolute atomic E-state index is 12.8. The minimum absolute atomic E-state index is 0.0829. The van der Waals surface area contributed by atoms with Crippen molar-refractivity contribution in [2.45, 2.75) is 26.4 Å². The van der Waals surface area contributed by atoms with E-state index < -0.39 is 0 Å². The maximum Gasteiger partial charge on any atom is 0.261 e. The predicted octanol–water partition coefficient (Wildman–Crippen LogP) is 2.57. The molecule has 0 saturated carbocycles. The highest BCUT2D eigenvalue weighted by atomic mass is 32.1. The zero-order valence-electron chi connectivity index (χ0n) is 19.1. The van der Waals surface area contributed by atoms with E-state index in [9.17, 15) is 14.4 Å². The topological polar surface area (TPSA) is 120 Å². The van der Waals surface area contributed by atoms with Crippen LogP contribution in [0.25, 0.3) is 10.9 Å². The van der Waals surface area contributed by atoms with Crippen molar-refractivity contribution < 1.29 is 14.4 Å². The number of H-pyrrole nitrogens is 1. The Hall–Kier alpha value is -4.05. The summed E-state index contributed by atoms with van der Waals surface area (Å²) in [7, 11) is 0. The highest BCUT2D eigenvalue weighted by Crippen LogP contribution is 2.28. The standard InChI is InChI=1S/C25H24N6O3S/c1-15-8-16(4-6-26-15)11-27-25(34)22-10-19-14-31(7-5-21(19)35-22)23(32)13-28-24(33)17-2-3-20-18(9-17)12-29-30-20/h2-4,6,8-10,12H,5,7,11,13-14H2,1H3,(H,27,34)(H,28,33)(H,29,30). The van der Waals surface area contributed by atoms with Crippen molar-refractivity contribution in [2.75, 3.05) is 13.1 Å². The Morgan fingerprint density at radius 1 is 1.11 bits per heavy atom. The molecule has 0 spiro atoms. The molecule has 1 aromatic carbocycles. The lowest BCUT2D eigenvalue weighted by atomic mass is 10.1. The molecule has 0 saturated heterocycles. The maximum atomic E-state index is 12.8. The Morgan fingerprint density at radius 2 is 2.00 bits per heavy atom. The zero-order chi connectivity index (χ0) is 24.4. The second-order valence-corrected chi connectivity index (χ2v) is 9.60. The SMILES string of the molecule is Cc1cc(CNC(=O)c2cc3c(s2)CCN(C(=O)CNC(=O)c2ccc4[nH]ncc4c2)C3)ccn1. The van der Waals surface area contributed by atoms with Crippen molar-refractivity contribution in [3.05, 3.63) is 80.9 Å². The van der Waals surface area contributed by atoms with Crippen LogP contribution in [0.1, 0.15) is 41.7 Å². The highest BCUT2D eigenvalue weighted by Gasteiger charge is 2.24. The number of carbonyl (C=O) groups excluding carboxylic acids is 3. The van der Waals surface area contributed by atoms with Gasteiger partial charge in [0.1, 0.15) is 0 Å². The molecule has 0 unspecified atom stereocenters. The molecule has 0 aliphatic carbocycles. The number of benzene rings is 1. The number of nitrogens with one attached hydrogen (secondary N) is 3. The van der Waals surface area contributed by atoms with Gasteiger partial charge in [0.15, 0.2) is 0 Å². The number of thiophene rings is 1. The van der Waals surface area contributed by atoms with Gasteiger partial charge in [0, 0.05) is 47.4 Å². The Bertz CT molecular complexity index is 1430. The number of pyridine rings is 1. The fourth-order valence-corrected chi connectivity index (χ4v) is 5.17. The van der Waals surface area contributed by atoms with Gasteiger partial charge in [-0.3, -0.25) is 24.5 Å². The summed E-state index contributed by atoms with van der Waals surface area (Å²) in [5.74, 6) is -0.588. The Balaban J connectivity index is 1.15. The van der Waals surface area contributed by atoms with Crippen LogP contribution in [0.5, 0.6) is 0 Å². The third-order valence-corrected chi connectivity index (χ3v) is 7.20. The normalized spacial score (nSPS) is 12.9. The molecule has 0 fully saturated rings. The van der Waals surface area contributed by atoms with E-state index in [0.717, 1.165) is 32.6 Å². The van der Waals surface area contributed by atoms with Crippen molar-refractivity contribution in [1.29, 1.82) is 0 Å². The highest BCUT2D eigenvalue weighted by molar-refractivity contribution is 7.14. The van der Waals surface area contributed by atoms with Crippen molar-refractivity contribution in [3.63, 3.8) is 0 Å². The summed E-state index contributed by atoms with van der Waals surface area (Å²) in [6, 6.07) is 10.9. The number of aromatic nitrogens is 3. The van der Waals surface area contributed by atoms with Gasteiger partial charge in [-0.2, -0.15) is 5.10 Å². The molecule has 5 rings (SSSR count). The van der Waals surface area contributed by atoms with Crippen LogP contribution in [0, 0.1) is 6.92 Å². The molecule has 1 aliphatic heterocycles. The lowest BCUT2D eigenvalue weighted by Gasteiger charge is -2.27. The van der Waals surface area contributed by atoms with Crippen LogP contribution in [-0.2, 0) is 24.3 Å². The van der Waals surface area contributed by atoms with Gasteiger partial charge in [0.2, 0.25) is 5.91 Å². The smallest absolute Gasteiger partial charge is 0.261 e. The zero-order valence-corrected chi connectivity index (χ0v) is 19.9. The van der Waals surface area contributed by atoms with Gasteiger partial charge < -0.3 is 15.5 Å². The summed E-state index contributed by atoms with van der Waals surface area (Å²) in [4.78, 5) is 45.6. The first-order valence-corrected chi connectivity index (χ1v) is 12.1. The fourth-order valence-electron chi connectivity index (χ4n) is 4.10. The van der Waals surface area contributed by atoms with Gasteiger partial charge >= 0.3 is 0 Å². The van der Waals surface area contributed by atoms with Crippen LogP contribution >= 0.6 is 11.3 Å².